The number of phenols is 1. The van der Waals surface area contributed by atoms with E-state index in [9.17, 15) is 10.1 Å². The van der Waals surface area contributed by atoms with E-state index in [1.165, 1.54) is 18.2 Å². The molecule has 1 aromatic rings. The van der Waals surface area contributed by atoms with Gasteiger partial charge in [-0.3, -0.25) is 10.1 Å². The molecule has 0 saturated heterocycles. The summed E-state index contributed by atoms with van der Waals surface area (Å²) in [5, 5.41) is 26.3. The monoisotopic (exact) mass is 170 g/mol. The molecule has 0 amide bonds. The van der Waals surface area contributed by atoms with E-state index >= 15 is 0 Å². The molecule has 0 aliphatic carbocycles. The van der Waals surface area contributed by atoms with Crippen LogP contribution in [-0.4, -0.2) is 15.1 Å². The second-order valence-electron chi connectivity index (χ2n) is 2.25. The highest BCUT2D eigenvalue weighted by atomic mass is 16.6. The molecule has 1 aromatic carbocycles. The van der Waals surface area contributed by atoms with Crippen LogP contribution in [0.25, 0.3) is 0 Å². The molecule has 0 unspecified atom stereocenters. The van der Waals surface area contributed by atoms with Gasteiger partial charge in [-0.2, -0.15) is 0 Å². The molecule has 0 heterocycles. The van der Waals surface area contributed by atoms with E-state index in [0.29, 0.717) is 0 Å². The van der Waals surface area contributed by atoms with Gasteiger partial charge >= 0.3 is 0 Å². The van der Waals surface area contributed by atoms with Crippen LogP contribution in [0.4, 0.5) is 5.69 Å². The minimum absolute atomic E-state index is 0.0735. The van der Waals surface area contributed by atoms with Crippen molar-refractivity contribution in [2.45, 2.75) is 6.61 Å². The van der Waals surface area contributed by atoms with Crippen molar-refractivity contribution < 1.29 is 15.1 Å². The third kappa shape index (κ3) is 1.51. The summed E-state index contributed by atoms with van der Waals surface area (Å²) in [7, 11) is 0. The number of nitrogens with zero attached hydrogens (tertiary/aromatic N) is 1. The van der Waals surface area contributed by atoms with Gasteiger partial charge in [-0.15, -0.1) is 0 Å². The summed E-state index contributed by atoms with van der Waals surface area (Å²) >= 11 is 0. The molecule has 0 aromatic heterocycles. The maximum atomic E-state index is 10.2. The van der Waals surface area contributed by atoms with Crippen LogP contribution in [0, 0.1) is 10.1 Å². The number of aromatic hydroxyl groups is 1. The van der Waals surface area contributed by atoms with Gasteiger partial charge in [0, 0.05) is 12.1 Å². The first-order valence-electron chi connectivity index (χ1n) is 3.26. The maximum Gasteiger partial charge on any atom is 0.270 e. The zero-order valence-electron chi connectivity index (χ0n) is 6.15. The lowest BCUT2D eigenvalue weighted by molar-refractivity contribution is -0.385. The molecule has 3 N–H and O–H groups in total. The number of hydrogen-bond acceptors (Lipinski definition) is 3. The van der Waals surface area contributed by atoms with E-state index in [1.54, 1.807) is 0 Å². The summed E-state index contributed by atoms with van der Waals surface area (Å²) in [6.07, 6.45) is 0. The molecule has 0 aliphatic rings. The van der Waals surface area contributed by atoms with E-state index in [0.717, 1.165) is 0 Å². The Bertz CT molecular complexity index is 310. The predicted molar refractivity (Wildman–Crippen MR) is 42.1 cm³/mol. The van der Waals surface area contributed by atoms with Gasteiger partial charge in [-0.1, -0.05) is 0 Å². The standard InChI is InChI=1S/C7H7NO4/c9-4-5-3-6(8(11)12)1-2-7(5)10/h1-3,9-10H,4H2/p+1. The highest BCUT2D eigenvalue weighted by Crippen LogP contribution is 2.22. The molecule has 5 nitrogen and oxygen atoms in total. The van der Waals surface area contributed by atoms with Crippen molar-refractivity contribution in [2.75, 3.05) is 0 Å². The Morgan fingerprint density at radius 1 is 1.58 bits per heavy atom. The average Bonchev–Trinajstić information content (AvgIpc) is 2.05. The highest BCUT2D eigenvalue weighted by molar-refractivity contribution is 5.42. The van der Waals surface area contributed by atoms with Crippen molar-refractivity contribution in [1.29, 1.82) is 0 Å². The predicted octanol–water partition coefficient (Wildman–Crippen LogP) is 0.525. The number of hydrogen-bond donors (Lipinski definition) is 1. The molecule has 0 aliphatic heterocycles. The van der Waals surface area contributed by atoms with Gasteiger partial charge < -0.3 is 10.2 Å². The Morgan fingerprint density at radius 3 is 2.75 bits per heavy atom. The smallest absolute Gasteiger partial charge is 0.270 e. The van der Waals surface area contributed by atoms with Crippen molar-refractivity contribution in [3.05, 3.63) is 33.9 Å². The molecule has 0 spiro atoms. The van der Waals surface area contributed by atoms with Crippen LogP contribution in [-0.2, 0) is 6.61 Å². The quantitative estimate of drug-likeness (QED) is 0.399. The lowest BCUT2D eigenvalue weighted by Gasteiger charge is -1.97. The van der Waals surface area contributed by atoms with E-state index in [2.05, 4.69) is 0 Å². The lowest BCUT2D eigenvalue weighted by atomic mass is 10.2. The van der Waals surface area contributed by atoms with Crippen LogP contribution in [0.3, 0.4) is 0 Å². The van der Waals surface area contributed by atoms with E-state index < -0.39 is 4.92 Å². The fourth-order valence-corrected chi connectivity index (χ4v) is 0.827. The molecule has 12 heavy (non-hydrogen) atoms. The summed E-state index contributed by atoms with van der Waals surface area (Å²) in [4.78, 5) is 9.69. The van der Waals surface area contributed by atoms with Crippen molar-refractivity contribution in [1.82, 2.24) is 0 Å². The van der Waals surface area contributed by atoms with Crippen molar-refractivity contribution in [3.8, 4) is 5.75 Å². The van der Waals surface area contributed by atoms with Crippen molar-refractivity contribution in [2.24, 2.45) is 0 Å². The lowest BCUT2D eigenvalue weighted by Crippen LogP contribution is -1.90. The van der Waals surface area contributed by atoms with Gasteiger partial charge in [0.2, 0.25) is 0 Å². The van der Waals surface area contributed by atoms with Gasteiger partial charge in [0.25, 0.3) is 5.69 Å². The molecular weight excluding hydrogens is 162 g/mol. The Balaban J connectivity index is 3.13. The number of nitro benzene ring substituents is 1. The minimum Gasteiger partial charge on any atom is -0.507 e. The molecule has 5 heteroatoms. The first-order chi connectivity index (χ1) is 5.65. The first-order valence-corrected chi connectivity index (χ1v) is 3.26. The Labute approximate surface area is 68.0 Å². The van der Waals surface area contributed by atoms with E-state index in [1.807, 2.05) is 0 Å². The summed E-state index contributed by atoms with van der Waals surface area (Å²) in [6.45, 7) is -0.159. The van der Waals surface area contributed by atoms with Crippen molar-refractivity contribution in [3.63, 3.8) is 0 Å². The van der Waals surface area contributed by atoms with Crippen LogP contribution < -0.4 is 0 Å². The average molecular weight is 170 g/mol. The Hall–Kier alpha value is -1.62. The van der Waals surface area contributed by atoms with Gasteiger partial charge in [-0.25, -0.2) is 0 Å². The zero-order chi connectivity index (χ0) is 9.14. The fraction of sp³-hybridized carbons (Fsp3) is 0.143. The fourth-order valence-electron chi connectivity index (χ4n) is 0.827. The SMILES string of the molecule is O=[N+]([O-])c1ccc(O)c(C[OH2+])c1. The summed E-state index contributed by atoms with van der Waals surface area (Å²) in [6, 6.07) is 3.62. The molecule has 0 radical (unpaired) electrons. The first kappa shape index (κ1) is 8.48. The number of non-ortho nitro benzene ring substituents is 1. The number of rotatable bonds is 2. The van der Waals surface area contributed by atoms with Gasteiger partial charge in [-0.05, 0) is 6.07 Å². The normalized spacial score (nSPS) is 9.75. The van der Waals surface area contributed by atoms with Crippen LogP contribution in [0.1, 0.15) is 5.56 Å². The number of phenolic OH excluding ortho intramolecular Hbond substituents is 1. The van der Waals surface area contributed by atoms with Crippen LogP contribution in [0.2, 0.25) is 0 Å². The third-order valence-corrected chi connectivity index (χ3v) is 1.46. The van der Waals surface area contributed by atoms with Gasteiger partial charge in [0.05, 0.1) is 10.5 Å². The van der Waals surface area contributed by atoms with Crippen LogP contribution >= 0.6 is 0 Å². The number of benzene rings is 1. The molecular formula is C7H8NO4+. The molecule has 0 bridgehead atoms. The van der Waals surface area contributed by atoms with Gasteiger partial charge in [0.15, 0.2) is 6.61 Å². The zero-order valence-corrected chi connectivity index (χ0v) is 6.15. The molecule has 0 fully saturated rings. The van der Waals surface area contributed by atoms with Gasteiger partial charge in [0.1, 0.15) is 5.75 Å². The second kappa shape index (κ2) is 3.19. The molecule has 0 atom stereocenters. The Kier molecular flexibility index (Phi) is 2.25. The maximum absolute atomic E-state index is 10.2. The summed E-state index contributed by atoms with van der Waals surface area (Å²) < 4.78 is 0. The van der Waals surface area contributed by atoms with Crippen molar-refractivity contribution >= 4 is 5.69 Å². The topological polar surface area (TPSA) is 86.3 Å². The number of nitro groups is 1. The Morgan fingerprint density at radius 2 is 2.25 bits per heavy atom. The van der Waals surface area contributed by atoms with E-state index in [-0.39, 0.29) is 23.6 Å². The van der Waals surface area contributed by atoms with Crippen LogP contribution in [0.15, 0.2) is 18.2 Å². The minimum atomic E-state index is -0.557. The third-order valence-electron chi connectivity index (χ3n) is 1.46. The largest absolute Gasteiger partial charge is 0.507 e. The van der Waals surface area contributed by atoms with Crippen LogP contribution in [0.5, 0.6) is 5.75 Å². The molecule has 0 saturated carbocycles. The molecule has 64 valence electrons. The summed E-state index contributed by atoms with van der Waals surface area (Å²) in [5.41, 5.74) is 0.166. The van der Waals surface area contributed by atoms with E-state index in [4.69, 9.17) is 10.2 Å². The second-order valence-corrected chi connectivity index (χ2v) is 2.25. The summed E-state index contributed by atoms with van der Waals surface area (Å²) in [5.74, 6) is -0.0735. The highest BCUT2D eigenvalue weighted by Gasteiger charge is 2.10. The molecule has 1 rings (SSSR count).